The third kappa shape index (κ3) is 1.89. The Labute approximate surface area is 108 Å². The summed E-state index contributed by atoms with van der Waals surface area (Å²) in [6.07, 6.45) is 3.14. The Morgan fingerprint density at radius 1 is 1.22 bits per heavy atom. The normalized spacial score (nSPS) is 10.7. The molecule has 0 saturated heterocycles. The fourth-order valence-electron chi connectivity index (χ4n) is 1.77. The van der Waals surface area contributed by atoms with Crippen LogP contribution in [-0.2, 0) is 0 Å². The predicted octanol–water partition coefficient (Wildman–Crippen LogP) is 3.71. The van der Waals surface area contributed by atoms with E-state index in [-0.39, 0.29) is 5.78 Å². The number of halogens is 1. The summed E-state index contributed by atoms with van der Waals surface area (Å²) in [6, 6.07) is 10.3. The lowest BCUT2D eigenvalue weighted by atomic mass is 10.1. The van der Waals surface area contributed by atoms with Crippen molar-refractivity contribution in [2.75, 3.05) is 0 Å². The number of fused-ring (bicyclic) bond motifs is 1. The van der Waals surface area contributed by atoms with E-state index >= 15 is 0 Å². The number of benzene rings is 1. The first-order valence-corrected chi connectivity index (χ1v) is 5.76. The molecular formula is C14H8ClNO2. The lowest BCUT2D eigenvalue weighted by Crippen LogP contribution is -1.99. The number of carbonyl (C=O) groups is 1. The molecule has 0 fully saturated rings. The molecule has 0 aliphatic carbocycles. The lowest BCUT2D eigenvalue weighted by Gasteiger charge is -1.94. The molecule has 3 aromatic rings. The van der Waals surface area contributed by atoms with Gasteiger partial charge in [-0.2, -0.15) is 0 Å². The summed E-state index contributed by atoms with van der Waals surface area (Å²) in [5.74, 6) is 0.107. The quantitative estimate of drug-likeness (QED) is 0.657. The average molecular weight is 258 g/mol. The number of nitrogens with zero attached hydrogens (tertiary/aromatic N) is 1. The van der Waals surface area contributed by atoms with Gasteiger partial charge in [-0.1, -0.05) is 11.6 Å². The van der Waals surface area contributed by atoms with Crippen molar-refractivity contribution in [1.82, 2.24) is 4.98 Å². The van der Waals surface area contributed by atoms with E-state index in [2.05, 4.69) is 4.98 Å². The largest absolute Gasteiger partial charge is 0.453 e. The molecule has 0 saturated carbocycles. The van der Waals surface area contributed by atoms with E-state index in [1.165, 1.54) is 6.20 Å². The van der Waals surface area contributed by atoms with Crippen molar-refractivity contribution in [3.63, 3.8) is 0 Å². The topological polar surface area (TPSA) is 43.1 Å². The molecule has 18 heavy (non-hydrogen) atoms. The van der Waals surface area contributed by atoms with Gasteiger partial charge in [0.05, 0.1) is 0 Å². The first-order chi connectivity index (χ1) is 8.74. The third-order valence-corrected chi connectivity index (χ3v) is 2.86. The molecule has 0 amide bonds. The fourth-order valence-corrected chi connectivity index (χ4v) is 1.95. The maximum absolute atomic E-state index is 12.1. The molecule has 0 bridgehead atoms. The minimum atomic E-state index is -0.185. The number of pyridine rings is 1. The molecule has 1 aromatic carbocycles. The van der Waals surface area contributed by atoms with Crippen molar-refractivity contribution in [2.24, 2.45) is 0 Å². The van der Waals surface area contributed by atoms with Gasteiger partial charge in [-0.15, -0.1) is 0 Å². The molecule has 4 heteroatoms. The molecular weight excluding hydrogens is 250 g/mol. The summed E-state index contributed by atoms with van der Waals surface area (Å²) in [5.41, 5.74) is 1.15. The monoisotopic (exact) mass is 257 g/mol. The molecule has 3 nitrogen and oxygen atoms in total. The third-order valence-electron chi connectivity index (χ3n) is 2.63. The maximum atomic E-state index is 12.1. The number of hydrogen-bond donors (Lipinski definition) is 0. The molecule has 88 valence electrons. The van der Waals surface area contributed by atoms with E-state index in [0.717, 1.165) is 5.39 Å². The van der Waals surface area contributed by atoms with E-state index in [4.69, 9.17) is 16.0 Å². The van der Waals surface area contributed by atoms with Gasteiger partial charge in [0.15, 0.2) is 5.76 Å². The van der Waals surface area contributed by atoms with E-state index in [1.807, 2.05) is 0 Å². The van der Waals surface area contributed by atoms with Crippen LogP contribution < -0.4 is 0 Å². The van der Waals surface area contributed by atoms with Gasteiger partial charge in [0.2, 0.25) is 5.78 Å². The maximum Gasteiger partial charge on any atom is 0.229 e. The second-order valence-electron chi connectivity index (χ2n) is 3.86. The van der Waals surface area contributed by atoms with Gasteiger partial charge in [0, 0.05) is 28.4 Å². The summed E-state index contributed by atoms with van der Waals surface area (Å²) in [7, 11) is 0. The Balaban J connectivity index is 2.07. The van der Waals surface area contributed by atoms with Crippen molar-refractivity contribution in [3.05, 3.63) is 65.1 Å². The van der Waals surface area contributed by atoms with Gasteiger partial charge < -0.3 is 4.42 Å². The van der Waals surface area contributed by atoms with Gasteiger partial charge in [-0.25, -0.2) is 0 Å². The first kappa shape index (κ1) is 11.0. The van der Waals surface area contributed by atoms with Crippen molar-refractivity contribution in [3.8, 4) is 0 Å². The lowest BCUT2D eigenvalue weighted by molar-refractivity contribution is 0.101. The smallest absolute Gasteiger partial charge is 0.229 e. The van der Waals surface area contributed by atoms with Crippen LogP contribution in [0.25, 0.3) is 11.0 Å². The fraction of sp³-hybridized carbons (Fsp3) is 0. The van der Waals surface area contributed by atoms with Gasteiger partial charge >= 0.3 is 0 Å². The van der Waals surface area contributed by atoms with Crippen LogP contribution in [-0.4, -0.2) is 10.8 Å². The SMILES string of the molecule is O=C(c1cccnc1)c1cc2cc(Cl)ccc2o1. The molecule has 0 atom stereocenters. The van der Waals surface area contributed by atoms with Gasteiger partial charge in [0.1, 0.15) is 5.58 Å². The highest BCUT2D eigenvalue weighted by Gasteiger charge is 2.14. The van der Waals surface area contributed by atoms with Crippen molar-refractivity contribution in [1.29, 1.82) is 0 Å². The number of carbonyl (C=O) groups excluding carboxylic acids is 1. The van der Waals surface area contributed by atoms with Gasteiger partial charge in [0.25, 0.3) is 0 Å². The van der Waals surface area contributed by atoms with Crippen LogP contribution in [0.1, 0.15) is 16.1 Å². The van der Waals surface area contributed by atoms with Crippen LogP contribution in [0.4, 0.5) is 0 Å². The summed E-state index contributed by atoms with van der Waals surface area (Å²) in [4.78, 5) is 16.0. The average Bonchev–Trinajstić information content (AvgIpc) is 2.81. The molecule has 2 aromatic heterocycles. The molecule has 0 aliphatic heterocycles. The molecule has 0 unspecified atom stereocenters. The van der Waals surface area contributed by atoms with Crippen LogP contribution in [0, 0.1) is 0 Å². The Kier molecular flexibility index (Phi) is 2.61. The summed E-state index contributed by atoms with van der Waals surface area (Å²) < 4.78 is 5.50. The Morgan fingerprint density at radius 3 is 2.89 bits per heavy atom. The van der Waals surface area contributed by atoms with E-state index in [1.54, 1.807) is 42.6 Å². The highest BCUT2D eigenvalue weighted by Crippen LogP contribution is 2.24. The Bertz CT molecular complexity index is 719. The minimum absolute atomic E-state index is 0.185. The zero-order valence-electron chi connectivity index (χ0n) is 9.26. The number of aromatic nitrogens is 1. The van der Waals surface area contributed by atoms with E-state index < -0.39 is 0 Å². The summed E-state index contributed by atoms with van der Waals surface area (Å²) >= 11 is 5.89. The molecule has 0 radical (unpaired) electrons. The highest BCUT2D eigenvalue weighted by atomic mass is 35.5. The van der Waals surface area contributed by atoms with Crippen LogP contribution in [0.15, 0.2) is 53.2 Å². The number of hydrogen-bond acceptors (Lipinski definition) is 3. The van der Waals surface area contributed by atoms with Crippen molar-refractivity contribution in [2.45, 2.75) is 0 Å². The van der Waals surface area contributed by atoms with Gasteiger partial charge in [-0.05, 0) is 36.4 Å². The summed E-state index contributed by atoms with van der Waals surface area (Å²) in [5, 5.41) is 1.43. The zero-order valence-corrected chi connectivity index (χ0v) is 10.0. The Morgan fingerprint density at radius 2 is 2.11 bits per heavy atom. The number of furan rings is 1. The first-order valence-electron chi connectivity index (χ1n) is 5.38. The van der Waals surface area contributed by atoms with E-state index in [9.17, 15) is 4.79 Å². The zero-order chi connectivity index (χ0) is 12.5. The second-order valence-corrected chi connectivity index (χ2v) is 4.30. The molecule has 0 spiro atoms. The van der Waals surface area contributed by atoms with E-state index in [0.29, 0.717) is 21.9 Å². The standard InChI is InChI=1S/C14H8ClNO2/c15-11-3-4-12-10(6-11)7-13(18-12)14(17)9-2-1-5-16-8-9/h1-8H. The molecule has 0 N–H and O–H groups in total. The van der Waals surface area contributed by atoms with Crippen molar-refractivity contribution < 1.29 is 9.21 Å². The highest BCUT2D eigenvalue weighted by molar-refractivity contribution is 6.31. The number of rotatable bonds is 2. The minimum Gasteiger partial charge on any atom is -0.453 e. The summed E-state index contributed by atoms with van der Waals surface area (Å²) in [6.45, 7) is 0. The molecule has 0 aliphatic rings. The predicted molar refractivity (Wildman–Crippen MR) is 68.9 cm³/mol. The van der Waals surface area contributed by atoms with Crippen LogP contribution >= 0.6 is 11.6 Å². The Hall–Kier alpha value is -2.13. The van der Waals surface area contributed by atoms with Crippen LogP contribution in [0.5, 0.6) is 0 Å². The van der Waals surface area contributed by atoms with Gasteiger partial charge in [-0.3, -0.25) is 9.78 Å². The molecule has 2 heterocycles. The van der Waals surface area contributed by atoms with Crippen LogP contribution in [0.2, 0.25) is 5.02 Å². The molecule has 3 rings (SSSR count). The van der Waals surface area contributed by atoms with Crippen LogP contribution in [0.3, 0.4) is 0 Å². The van der Waals surface area contributed by atoms with Crippen molar-refractivity contribution >= 4 is 28.4 Å². The number of ketones is 1. The second kappa shape index (κ2) is 4.27.